The van der Waals surface area contributed by atoms with Crippen LogP contribution in [0, 0.1) is 5.82 Å². The molecule has 2 rings (SSSR count). The molecule has 2 aromatic rings. The molecule has 0 aliphatic carbocycles. The van der Waals surface area contributed by atoms with Gasteiger partial charge in [0.1, 0.15) is 5.82 Å². The predicted molar refractivity (Wildman–Crippen MR) is 73.2 cm³/mol. The van der Waals surface area contributed by atoms with Crippen molar-refractivity contribution in [3.8, 4) is 0 Å². The van der Waals surface area contributed by atoms with Crippen molar-refractivity contribution in [3.05, 3.63) is 70.5 Å². The molecule has 0 aliphatic rings. The highest BCUT2D eigenvalue weighted by molar-refractivity contribution is 6.30. The van der Waals surface area contributed by atoms with E-state index >= 15 is 0 Å². The standard InChI is InChI=1S/C15H15ClFN/c16-13-5-1-3-11(7-13)9-15(18)10-12-4-2-6-14(17)8-12/h1-8,15H,9-10,18H2. The highest BCUT2D eigenvalue weighted by Gasteiger charge is 2.06. The van der Waals surface area contributed by atoms with Crippen LogP contribution < -0.4 is 5.73 Å². The van der Waals surface area contributed by atoms with Gasteiger partial charge < -0.3 is 5.73 Å². The molecule has 2 N–H and O–H groups in total. The third-order valence-corrected chi connectivity index (χ3v) is 3.01. The number of hydrogen-bond donors (Lipinski definition) is 1. The van der Waals surface area contributed by atoms with E-state index < -0.39 is 0 Å². The van der Waals surface area contributed by atoms with E-state index in [-0.39, 0.29) is 11.9 Å². The summed E-state index contributed by atoms with van der Waals surface area (Å²) < 4.78 is 13.0. The lowest BCUT2D eigenvalue weighted by Crippen LogP contribution is -2.25. The summed E-state index contributed by atoms with van der Waals surface area (Å²) in [5.41, 5.74) is 8.10. The molecular formula is C15H15ClFN. The van der Waals surface area contributed by atoms with E-state index in [0.29, 0.717) is 11.4 Å². The fraction of sp³-hybridized carbons (Fsp3) is 0.200. The maximum Gasteiger partial charge on any atom is 0.123 e. The third kappa shape index (κ3) is 3.83. The fourth-order valence-corrected chi connectivity index (χ4v) is 2.22. The van der Waals surface area contributed by atoms with Crippen molar-refractivity contribution in [1.82, 2.24) is 0 Å². The van der Waals surface area contributed by atoms with Gasteiger partial charge in [0, 0.05) is 11.1 Å². The molecule has 0 saturated carbocycles. The normalized spacial score (nSPS) is 12.4. The molecule has 3 heteroatoms. The molecule has 0 fully saturated rings. The van der Waals surface area contributed by atoms with Gasteiger partial charge in [0.15, 0.2) is 0 Å². The lowest BCUT2D eigenvalue weighted by molar-refractivity contribution is 0.618. The molecule has 0 aliphatic heterocycles. The number of hydrogen-bond acceptors (Lipinski definition) is 1. The molecule has 0 bridgehead atoms. The van der Waals surface area contributed by atoms with Gasteiger partial charge in [-0.05, 0) is 48.2 Å². The van der Waals surface area contributed by atoms with Crippen LogP contribution in [0.4, 0.5) is 4.39 Å². The average molecular weight is 264 g/mol. The van der Waals surface area contributed by atoms with Gasteiger partial charge in [0.2, 0.25) is 0 Å². The van der Waals surface area contributed by atoms with Crippen molar-refractivity contribution in [3.63, 3.8) is 0 Å². The lowest BCUT2D eigenvalue weighted by Gasteiger charge is -2.12. The van der Waals surface area contributed by atoms with Gasteiger partial charge in [0.25, 0.3) is 0 Å². The minimum Gasteiger partial charge on any atom is -0.327 e. The van der Waals surface area contributed by atoms with Gasteiger partial charge in [-0.3, -0.25) is 0 Å². The highest BCUT2D eigenvalue weighted by Crippen LogP contribution is 2.13. The van der Waals surface area contributed by atoms with E-state index in [0.717, 1.165) is 17.5 Å². The molecule has 0 saturated heterocycles. The minimum atomic E-state index is -0.220. The lowest BCUT2D eigenvalue weighted by atomic mass is 10.00. The Kier molecular flexibility index (Phi) is 4.34. The van der Waals surface area contributed by atoms with Gasteiger partial charge in [-0.25, -0.2) is 4.39 Å². The van der Waals surface area contributed by atoms with Crippen LogP contribution >= 0.6 is 11.6 Å². The Labute approximate surface area is 111 Å². The quantitative estimate of drug-likeness (QED) is 0.896. The number of benzene rings is 2. The van der Waals surface area contributed by atoms with Crippen LogP contribution in [0.25, 0.3) is 0 Å². The van der Waals surface area contributed by atoms with Crippen molar-refractivity contribution in [2.24, 2.45) is 5.73 Å². The van der Waals surface area contributed by atoms with Crippen LogP contribution in [-0.4, -0.2) is 6.04 Å². The first-order valence-electron chi connectivity index (χ1n) is 5.88. The molecule has 1 nitrogen and oxygen atoms in total. The zero-order valence-corrected chi connectivity index (χ0v) is 10.7. The molecule has 0 radical (unpaired) electrons. The summed E-state index contributed by atoms with van der Waals surface area (Å²) in [6.07, 6.45) is 1.39. The molecule has 1 atom stereocenters. The summed E-state index contributed by atoms with van der Waals surface area (Å²) in [5, 5.41) is 0.713. The Morgan fingerprint density at radius 1 is 1.00 bits per heavy atom. The Balaban J connectivity index is 1.98. The molecule has 2 aromatic carbocycles. The summed E-state index contributed by atoms with van der Waals surface area (Å²) in [7, 11) is 0. The molecule has 0 heterocycles. The Hall–Kier alpha value is -1.38. The summed E-state index contributed by atoms with van der Waals surface area (Å²) in [6, 6.07) is 14.2. The number of nitrogens with two attached hydrogens (primary N) is 1. The largest absolute Gasteiger partial charge is 0.327 e. The van der Waals surface area contributed by atoms with Crippen molar-refractivity contribution in [2.75, 3.05) is 0 Å². The van der Waals surface area contributed by atoms with Crippen LogP contribution in [0.15, 0.2) is 48.5 Å². The second-order valence-electron chi connectivity index (χ2n) is 4.43. The third-order valence-electron chi connectivity index (χ3n) is 2.77. The predicted octanol–water partition coefficient (Wildman–Crippen LogP) is 3.59. The van der Waals surface area contributed by atoms with Crippen molar-refractivity contribution < 1.29 is 4.39 Å². The number of rotatable bonds is 4. The van der Waals surface area contributed by atoms with Crippen molar-refractivity contribution in [1.29, 1.82) is 0 Å². The molecule has 0 amide bonds. The molecule has 1 unspecified atom stereocenters. The van der Waals surface area contributed by atoms with Crippen LogP contribution in [0.5, 0.6) is 0 Å². The zero-order valence-electron chi connectivity index (χ0n) is 9.94. The Bertz CT molecular complexity index is 480. The maximum absolute atomic E-state index is 13.0. The van der Waals surface area contributed by atoms with Gasteiger partial charge in [-0.1, -0.05) is 35.9 Å². The monoisotopic (exact) mass is 263 g/mol. The smallest absolute Gasteiger partial charge is 0.123 e. The van der Waals surface area contributed by atoms with Crippen LogP contribution in [-0.2, 0) is 12.8 Å². The van der Waals surface area contributed by atoms with E-state index in [1.165, 1.54) is 12.1 Å². The maximum atomic E-state index is 13.0. The summed E-state index contributed by atoms with van der Waals surface area (Å²) >= 11 is 5.92. The highest BCUT2D eigenvalue weighted by atomic mass is 35.5. The first-order chi connectivity index (χ1) is 8.63. The van der Waals surface area contributed by atoms with Crippen LogP contribution in [0.1, 0.15) is 11.1 Å². The van der Waals surface area contributed by atoms with Crippen LogP contribution in [0.3, 0.4) is 0 Å². The van der Waals surface area contributed by atoms with E-state index in [1.54, 1.807) is 6.07 Å². The number of halogens is 2. The minimum absolute atomic E-state index is 0.0368. The first-order valence-corrected chi connectivity index (χ1v) is 6.26. The Morgan fingerprint density at radius 3 is 2.22 bits per heavy atom. The molecule has 94 valence electrons. The summed E-state index contributed by atoms with van der Waals surface area (Å²) in [5.74, 6) is -0.220. The molecule has 0 spiro atoms. The second kappa shape index (κ2) is 5.98. The van der Waals surface area contributed by atoms with Gasteiger partial charge >= 0.3 is 0 Å². The first kappa shape index (κ1) is 13.1. The second-order valence-corrected chi connectivity index (χ2v) is 4.86. The topological polar surface area (TPSA) is 26.0 Å². The van der Waals surface area contributed by atoms with Crippen molar-refractivity contribution >= 4 is 11.6 Å². The van der Waals surface area contributed by atoms with Gasteiger partial charge in [-0.2, -0.15) is 0 Å². The summed E-state index contributed by atoms with van der Waals surface area (Å²) in [6.45, 7) is 0. The van der Waals surface area contributed by atoms with E-state index in [4.69, 9.17) is 17.3 Å². The van der Waals surface area contributed by atoms with Gasteiger partial charge in [-0.15, -0.1) is 0 Å². The average Bonchev–Trinajstić information content (AvgIpc) is 2.28. The zero-order chi connectivity index (χ0) is 13.0. The van der Waals surface area contributed by atoms with Crippen molar-refractivity contribution in [2.45, 2.75) is 18.9 Å². The van der Waals surface area contributed by atoms with Gasteiger partial charge in [0.05, 0.1) is 0 Å². The molecule has 18 heavy (non-hydrogen) atoms. The molecule has 0 aromatic heterocycles. The fourth-order valence-electron chi connectivity index (χ4n) is 2.01. The Morgan fingerprint density at radius 2 is 1.61 bits per heavy atom. The van der Waals surface area contributed by atoms with E-state index in [1.807, 2.05) is 30.3 Å². The van der Waals surface area contributed by atoms with E-state index in [9.17, 15) is 4.39 Å². The van der Waals surface area contributed by atoms with E-state index in [2.05, 4.69) is 0 Å². The SMILES string of the molecule is NC(Cc1cccc(F)c1)Cc1cccc(Cl)c1. The van der Waals surface area contributed by atoms with Crippen LogP contribution in [0.2, 0.25) is 5.02 Å². The molecular weight excluding hydrogens is 249 g/mol. The summed E-state index contributed by atoms with van der Waals surface area (Å²) in [4.78, 5) is 0.